The highest BCUT2D eigenvalue weighted by molar-refractivity contribution is 5.71. The Kier molecular flexibility index (Phi) is 54.8. The number of rotatable bonds is 53. The predicted octanol–water partition coefficient (Wildman–Crippen LogP) is 19.8. The molecular formula is C63H110O6. The number of carbonyl (C=O) groups is 3. The first-order valence-corrected chi connectivity index (χ1v) is 29.4. The first-order valence-electron chi connectivity index (χ1n) is 29.4. The molecule has 0 amide bonds. The lowest BCUT2D eigenvalue weighted by atomic mass is 10.0. The Morgan fingerprint density at radius 3 is 0.870 bits per heavy atom. The van der Waals surface area contributed by atoms with Crippen LogP contribution in [0.25, 0.3) is 0 Å². The van der Waals surface area contributed by atoms with E-state index < -0.39 is 6.10 Å². The van der Waals surface area contributed by atoms with Gasteiger partial charge in [0.15, 0.2) is 6.10 Å². The van der Waals surface area contributed by atoms with Gasteiger partial charge in [-0.1, -0.05) is 248 Å². The van der Waals surface area contributed by atoms with Gasteiger partial charge >= 0.3 is 17.9 Å². The Bertz CT molecular complexity index is 1290. The standard InChI is InChI=1S/C63H110O6/c1-4-7-10-13-16-19-22-25-28-30-31-33-36-39-42-45-48-51-54-57-63(66)69-60(58-67-61(64)55-52-49-46-43-40-37-34-27-24-21-18-15-12-9-6-3)59-68-62(65)56-53-50-47-44-41-38-35-32-29-26-23-20-17-14-11-8-5-2/h17-18,20-21,26-27,29,34-35,38,40,43,60H,4-16,19,22-25,28,30-33,36-37,39,41-42,44-59H2,1-3H3/b20-17-,21-18-,29-26-,34-27-,38-35-,43-40-/t60-/m0/s1. The predicted molar refractivity (Wildman–Crippen MR) is 298 cm³/mol. The maximum absolute atomic E-state index is 12.9. The maximum atomic E-state index is 12.9. The molecule has 69 heavy (non-hydrogen) atoms. The Labute approximate surface area is 427 Å². The molecule has 0 aliphatic heterocycles. The molecule has 1 atom stereocenters. The third kappa shape index (κ3) is 55.6. The number of allylic oxidation sites excluding steroid dienone is 12. The van der Waals surface area contributed by atoms with Crippen molar-refractivity contribution < 1.29 is 28.6 Å². The molecule has 0 heterocycles. The van der Waals surface area contributed by atoms with Gasteiger partial charge < -0.3 is 14.2 Å². The lowest BCUT2D eigenvalue weighted by molar-refractivity contribution is -0.167. The van der Waals surface area contributed by atoms with E-state index in [2.05, 4.69) is 93.7 Å². The molecule has 0 aromatic rings. The van der Waals surface area contributed by atoms with Gasteiger partial charge in [0.1, 0.15) is 13.2 Å². The lowest BCUT2D eigenvalue weighted by Gasteiger charge is -2.18. The summed E-state index contributed by atoms with van der Waals surface area (Å²) < 4.78 is 16.8. The number of esters is 3. The summed E-state index contributed by atoms with van der Waals surface area (Å²) in [6.45, 7) is 6.56. The van der Waals surface area contributed by atoms with Crippen molar-refractivity contribution in [2.75, 3.05) is 13.2 Å². The molecule has 0 radical (unpaired) electrons. The highest BCUT2D eigenvalue weighted by atomic mass is 16.6. The van der Waals surface area contributed by atoms with Crippen LogP contribution in [0, 0.1) is 0 Å². The van der Waals surface area contributed by atoms with Crippen molar-refractivity contribution in [1.29, 1.82) is 0 Å². The van der Waals surface area contributed by atoms with E-state index in [0.717, 1.165) is 96.3 Å². The van der Waals surface area contributed by atoms with Crippen LogP contribution in [0.4, 0.5) is 0 Å². The van der Waals surface area contributed by atoms with Crippen LogP contribution >= 0.6 is 0 Å². The van der Waals surface area contributed by atoms with Gasteiger partial charge in [-0.15, -0.1) is 0 Å². The van der Waals surface area contributed by atoms with E-state index in [1.54, 1.807) is 0 Å². The summed E-state index contributed by atoms with van der Waals surface area (Å²) in [5, 5.41) is 0. The minimum atomic E-state index is -0.799. The van der Waals surface area contributed by atoms with Crippen LogP contribution in [0.5, 0.6) is 0 Å². The van der Waals surface area contributed by atoms with Gasteiger partial charge in [-0.3, -0.25) is 14.4 Å². The summed E-state index contributed by atoms with van der Waals surface area (Å²) in [5.41, 5.74) is 0. The highest BCUT2D eigenvalue weighted by Crippen LogP contribution is 2.16. The number of unbranched alkanes of at least 4 members (excludes halogenated alkanes) is 30. The number of carbonyl (C=O) groups excluding carboxylic acids is 3. The van der Waals surface area contributed by atoms with Gasteiger partial charge in [-0.2, -0.15) is 0 Å². The second kappa shape index (κ2) is 57.4. The molecule has 0 unspecified atom stereocenters. The van der Waals surface area contributed by atoms with Crippen molar-refractivity contribution >= 4 is 17.9 Å². The molecular weight excluding hydrogens is 853 g/mol. The van der Waals surface area contributed by atoms with Crippen LogP contribution in [-0.4, -0.2) is 37.2 Å². The number of hydrogen-bond acceptors (Lipinski definition) is 6. The van der Waals surface area contributed by atoms with E-state index in [1.165, 1.54) is 154 Å². The minimum Gasteiger partial charge on any atom is -0.462 e. The monoisotopic (exact) mass is 963 g/mol. The van der Waals surface area contributed by atoms with E-state index in [-0.39, 0.29) is 31.1 Å². The summed E-state index contributed by atoms with van der Waals surface area (Å²) in [7, 11) is 0. The van der Waals surface area contributed by atoms with Crippen LogP contribution in [0.15, 0.2) is 72.9 Å². The molecule has 0 aromatic carbocycles. The zero-order chi connectivity index (χ0) is 50.0. The minimum absolute atomic E-state index is 0.0972. The molecule has 0 aliphatic rings. The maximum Gasteiger partial charge on any atom is 0.306 e. The van der Waals surface area contributed by atoms with Crippen LogP contribution in [0.3, 0.4) is 0 Å². The first-order chi connectivity index (χ1) is 34.0. The largest absolute Gasteiger partial charge is 0.462 e. The molecule has 0 bridgehead atoms. The summed E-state index contributed by atoms with van der Waals surface area (Å²) in [5.74, 6) is -0.945. The average Bonchev–Trinajstić information content (AvgIpc) is 3.35. The number of ether oxygens (including phenoxy) is 3. The SMILES string of the molecule is CCCCC/C=C\C/C=C\C/C=C\CCCCCCC(=O)OC[C@H](COC(=O)CCCC/C=C\C/C=C\C/C=C\CCCCC)OC(=O)CCCCCCCCCCCCCCCCCCCCC. The second-order valence-electron chi connectivity index (χ2n) is 19.6. The molecule has 0 saturated heterocycles. The zero-order valence-corrected chi connectivity index (χ0v) is 45.6. The van der Waals surface area contributed by atoms with Crippen LogP contribution in [0.1, 0.15) is 290 Å². The highest BCUT2D eigenvalue weighted by Gasteiger charge is 2.19. The van der Waals surface area contributed by atoms with Gasteiger partial charge in [0.2, 0.25) is 0 Å². The van der Waals surface area contributed by atoms with Crippen molar-refractivity contribution in [1.82, 2.24) is 0 Å². The smallest absolute Gasteiger partial charge is 0.306 e. The third-order valence-corrected chi connectivity index (χ3v) is 12.7. The topological polar surface area (TPSA) is 78.9 Å². The van der Waals surface area contributed by atoms with E-state index in [4.69, 9.17) is 14.2 Å². The van der Waals surface area contributed by atoms with E-state index >= 15 is 0 Å². The van der Waals surface area contributed by atoms with Gasteiger partial charge in [0.25, 0.3) is 0 Å². The zero-order valence-electron chi connectivity index (χ0n) is 45.6. The molecule has 6 nitrogen and oxygen atoms in total. The van der Waals surface area contributed by atoms with Crippen LogP contribution in [0.2, 0.25) is 0 Å². The van der Waals surface area contributed by atoms with E-state index in [9.17, 15) is 14.4 Å². The quantitative estimate of drug-likeness (QED) is 0.0262. The Hall–Kier alpha value is -3.15. The fraction of sp³-hybridized carbons (Fsp3) is 0.762. The Morgan fingerprint density at radius 1 is 0.290 bits per heavy atom. The molecule has 6 heteroatoms. The summed E-state index contributed by atoms with van der Waals surface area (Å²) >= 11 is 0. The van der Waals surface area contributed by atoms with Crippen molar-refractivity contribution in [3.8, 4) is 0 Å². The average molecular weight is 964 g/mol. The van der Waals surface area contributed by atoms with Crippen molar-refractivity contribution in [2.24, 2.45) is 0 Å². The Balaban J connectivity index is 4.44. The third-order valence-electron chi connectivity index (χ3n) is 12.7. The molecule has 0 N–H and O–H groups in total. The molecule has 0 fully saturated rings. The molecule has 0 aromatic heterocycles. The molecule has 0 spiro atoms. The van der Waals surface area contributed by atoms with Crippen LogP contribution in [-0.2, 0) is 28.6 Å². The molecule has 0 saturated carbocycles. The van der Waals surface area contributed by atoms with E-state index in [0.29, 0.717) is 19.3 Å². The molecule has 0 aliphatic carbocycles. The van der Waals surface area contributed by atoms with E-state index in [1.807, 2.05) is 0 Å². The molecule has 398 valence electrons. The summed E-state index contributed by atoms with van der Waals surface area (Å²) in [6.07, 6.45) is 73.2. The number of hydrogen-bond donors (Lipinski definition) is 0. The van der Waals surface area contributed by atoms with Crippen molar-refractivity contribution in [3.63, 3.8) is 0 Å². The lowest BCUT2D eigenvalue weighted by Crippen LogP contribution is -2.30. The van der Waals surface area contributed by atoms with Crippen molar-refractivity contribution in [3.05, 3.63) is 72.9 Å². The second-order valence-corrected chi connectivity index (χ2v) is 19.6. The van der Waals surface area contributed by atoms with Gasteiger partial charge in [0.05, 0.1) is 0 Å². The summed E-state index contributed by atoms with van der Waals surface area (Å²) in [6, 6.07) is 0. The van der Waals surface area contributed by atoms with Crippen LogP contribution < -0.4 is 0 Å². The normalized spacial score (nSPS) is 12.6. The van der Waals surface area contributed by atoms with Crippen molar-refractivity contribution in [2.45, 2.75) is 297 Å². The Morgan fingerprint density at radius 2 is 0.522 bits per heavy atom. The van der Waals surface area contributed by atoms with Gasteiger partial charge in [0, 0.05) is 19.3 Å². The fourth-order valence-corrected chi connectivity index (χ4v) is 8.22. The molecule has 0 rings (SSSR count). The van der Waals surface area contributed by atoms with Gasteiger partial charge in [-0.25, -0.2) is 0 Å². The fourth-order valence-electron chi connectivity index (χ4n) is 8.22. The summed E-state index contributed by atoms with van der Waals surface area (Å²) in [4.78, 5) is 38.2. The first kappa shape index (κ1) is 65.8. The van der Waals surface area contributed by atoms with Gasteiger partial charge in [-0.05, 0) is 96.3 Å².